The zero-order valence-corrected chi connectivity index (χ0v) is 11.1. The van der Waals surface area contributed by atoms with Crippen molar-refractivity contribution in [1.82, 2.24) is 10.3 Å². The number of carbonyl (C=O) groups excluding carboxylic acids is 1. The Bertz CT molecular complexity index is 578. The fraction of sp³-hybridized carbons (Fsp3) is 0.333. The maximum absolute atomic E-state index is 12.3. The van der Waals surface area contributed by atoms with Crippen LogP contribution in [0.15, 0.2) is 36.5 Å². The van der Waals surface area contributed by atoms with Gasteiger partial charge in [-0.25, -0.2) is 0 Å². The van der Waals surface area contributed by atoms with Gasteiger partial charge in [-0.2, -0.15) is 0 Å². The number of pyridine rings is 1. The first-order valence-corrected chi connectivity index (χ1v) is 6.39. The van der Waals surface area contributed by atoms with Crippen LogP contribution in [-0.4, -0.2) is 28.6 Å². The summed E-state index contributed by atoms with van der Waals surface area (Å²) in [4.78, 5) is 16.5. The van der Waals surface area contributed by atoms with Gasteiger partial charge in [0.25, 0.3) is 5.91 Å². The summed E-state index contributed by atoms with van der Waals surface area (Å²) in [7, 11) is 0. The van der Waals surface area contributed by atoms with E-state index in [1.807, 2.05) is 38.1 Å². The number of aliphatic hydroxyl groups excluding tert-OH is 1. The lowest BCUT2D eigenvalue weighted by molar-refractivity contribution is 0.0918. The largest absolute Gasteiger partial charge is 0.396 e. The summed E-state index contributed by atoms with van der Waals surface area (Å²) in [5.41, 5.74) is 1.42. The molecule has 4 heteroatoms. The molecule has 1 aromatic heterocycles. The van der Waals surface area contributed by atoms with Crippen LogP contribution in [0.4, 0.5) is 0 Å². The summed E-state index contributed by atoms with van der Waals surface area (Å²) in [6, 6.07) is 9.19. The van der Waals surface area contributed by atoms with Crippen LogP contribution in [0.25, 0.3) is 10.9 Å². The fourth-order valence-electron chi connectivity index (χ4n) is 1.88. The van der Waals surface area contributed by atoms with Crippen molar-refractivity contribution in [3.63, 3.8) is 0 Å². The maximum Gasteiger partial charge on any atom is 0.252 e. The van der Waals surface area contributed by atoms with Gasteiger partial charge in [-0.3, -0.25) is 9.78 Å². The van der Waals surface area contributed by atoms with Gasteiger partial charge in [0, 0.05) is 24.2 Å². The minimum atomic E-state index is -0.133. The molecule has 0 spiro atoms. The molecule has 0 fully saturated rings. The van der Waals surface area contributed by atoms with Gasteiger partial charge in [-0.15, -0.1) is 0 Å². The molecule has 0 aliphatic carbocycles. The predicted molar refractivity (Wildman–Crippen MR) is 74.9 cm³/mol. The highest BCUT2D eigenvalue weighted by Gasteiger charge is 2.16. The second-order valence-corrected chi connectivity index (χ2v) is 4.80. The molecule has 0 saturated carbocycles. The number of hydrogen-bond donors (Lipinski definition) is 2. The van der Waals surface area contributed by atoms with Crippen molar-refractivity contribution < 1.29 is 9.90 Å². The number of amides is 1. The average Bonchev–Trinajstić information content (AvgIpc) is 2.45. The summed E-state index contributed by atoms with van der Waals surface area (Å²) >= 11 is 0. The van der Waals surface area contributed by atoms with E-state index in [1.165, 1.54) is 0 Å². The molecule has 2 N–H and O–H groups in total. The van der Waals surface area contributed by atoms with E-state index in [4.69, 9.17) is 5.11 Å². The van der Waals surface area contributed by atoms with Crippen molar-refractivity contribution in [3.8, 4) is 0 Å². The van der Waals surface area contributed by atoms with Gasteiger partial charge < -0.3 is 10.4 Å². The molecule has 2 atom stereocenters. The Morgan fingerprint density at radius 2 is 2.05 bits per heavy atom. The van der Waals surface area contributed by atoms with Crippen molar-refractivity contribution in [3.05, 3.63) is 42.1 Å². The lowest BCUT2D eigenvalue weighted by Crippen LogP contribution is -2.38. The Morgan fingerprint density at radius 1 is 1.32 bits per heavy atom. The molecule has 4 nitrogen and oxygen atoms in total. The standard InChI is InChI=1S/C15H18N2O2/c1-10(9-18)11(2)17-15(19)13-7-8-16-14-6-4-3-5-12(13)14/h3-8,10-11,18H,9H2,1-2H3,(H,17,19). The van der Waals surface area contributed by atoms with Crippen LogP contribution in [0.3, 0.4) is 0 Å². The Kier molecular flexibility index (Phi) is 4.12. The molecule has 19 heavy (non-hydrogen) atoms. The number of aliphatic hydroxyl groups is 1. The first-order chi connectivity index (χ1) is 9.13. The third-order valence-electron chi connectivity index (χ3n) is 3.39. The average molecular weight is 258 g/mol. The zero-order valence-electron chi connectivity index (χ0n) is 11.1. The SMILES string of the molecule is CC(CO)C(C)NC(=O)c1ccnc2ccccc12. The highest BCUT2D eigenvalue weighted by Crippen LogP contribution is 2.16. The second kappa shape index (κ2) is 5.80. The second-order valence-electron chi connectivity index (χ2n) is 4.80. The van der Waals surface area contributed by atoms with E-state index >= 15 is 0 Å². The molecular formula is C15H18N2O2. The van der Waals surface area contributed by atoms with Crippen LogP contribution in [0.5, 0.6) is 0 Å². The third kappa shape index (κ3) is 2.90. The summed E-state index contributed by atoms with van der Waals surface area (Å²) in [5, 5.41) is 12.9. The topological polar surface area (TPSA) is 62.2 Å². The summed E-state index contributed by atoms with van der Waals surface area (Å²) in [5.74, 6) is -0.108. The number of aromatic nitrogens is 1. The molecule has 0 bridgehead atoms. The highest BCUT2D eigenvalue weighted by atomic mass is 16.3. The van der Waals surface area contributed by atoms with Crippen molar-refractivity contribution >= 4 is 16.8 Å². The smallest absolute Gasteiger partial charge is 0.252 e. The Morgan fingerprint density at radius 3 is 2.79 bits per heavy atom. The van der Waals surface area contributed by atoms with Crippen molar-refractivity contribution in [1.29, 1.82) is 0 Å². The zero-order chi connectivity index (χ0) is 13.8. The van der Waals surface area contributed by atoms with Crippen LogP contribution >= 0.6 is 0 Å². The van der Waals surface area contributed by atoms with Crippen LogP contribution in [-0.2, 0) is 0 Å². The van der Waals surface area contributed by atoms with E-state index in [9.17, 15) is 4.79 Å². The summed E-state index contributed by atoms with van der Waals surface area (Å²) in [6.07, 6.45) is 1.64. The molecule has 2 rings (SSSR count). The molecule has 1 heterocycles. The van der Waals surface area contributed by atoms with Gasteiger partial charge in [0.2, 0.25) is 0 Å². The van der Waals surface area contributed by atoms with E-state index < -0.39 is 0 Å². The summed E-state index contributed by atoms with van der Waals surface area (Å²) in [6.45, 7) is 3.84. The molecule has 2 aromatic rings. The van der Waals surface area contributed by atoms with E-state index in [2.05, 4.69) is 10.3 Å². The van der Waals surface area contributed by atoms with Gasteiger partial charge in [0.05, 0.1) is 11.1 Å². The number of fused-ring (bicyclic) bond motifs is 1. The first-order valence-electron chi connectivity index (χ1n) is 6.39. The maximum atomic E-state index is 12.3. The van der Waals surface area contributed by atoms with Crippen molar-refractivity contribution in [2.75, 3.05) is 6.61 Å². The van der Waals surface area contributed by atoms with E-state index in [0.717, 1.165) is 10.9 Å². The van der Waals surface area contributed by atoms with Gasteiger partial charge >= 0.3 is 0 Å². The van der Waals surface area contributed by atoms with Crippen LogP contribution < -0.4 is 5.32 Å². The van der Waals surface area contributed by atoms with Gasteiger partial charge in [0.15, 0.2) is 0 Å². The Labute approximate surface area is 112 Å². The molecule has 100 valence electrons. The van der Waals surface area contributed by atoms with Crippen LogP contribution in [0.1, 0.15) is 24.2 Å². The number of nitrogens with zero attached hydrogens (tertiary/aromatic N) is 1. The summed E-state index contributed by atoms with van der Waals surface area (Å²) < 4.78 is 0. The number of hydrogen-bond acceptors (Lipinski definition) is 3. The molecule has 0 aliphatic rings. The third-order valence-corrected chi connectivity index (χ3v) is 3.39. The Hall–Kier alpha value is -1.94. The highest BCUT2D eigenvalue weighted by molar-refractivity contribution is 6.06. The first kappa shape index (κ1) is 13.5. The van der Waals surface area contributed by atoms with Crippen LogP contribution in [0.2, 0.25) is 0 Å². The molecule has 0 aliphatic heterocycles. The number of benzene rings is 1. The molecule has 2 unspecified atom stereocenters. The quantitative estimate of drug-likeness (QED) is 0.881. The Balaban J connectivity index is 2.27. The lowest BCUT2D eigenvalue weighted by atomic mass is 10.0. The van der Waals surface area contributed by atoms with E-state index in [0.29, 0.717) is 5.56 Å². The number of carbonyl (C=O) groups is 1. The van der Waals surface area contributed by atoms with Crippen molar-refractivity contribution in [2.24, 2.45) is 5.92 Å². The van der Waals surface area contributed by atoms with Crippen LogP contribution in [0, 0.1) is 5.92 Å². The van der Waals surface area contributed by atoms with Gasteiger partial charge in [-0.05, 0) is 25.0 Å². The minimum absolute atomic E-state index is 0.0250. The number of nitrogens with one attached hydrogen (secondary N) is 1. The van der Waals surface area contributed by atoms with Gasteiger partial charge in [-0.1, -0.05) is 25.1 Å². The molecule has 1 amide bonds. The van der Waals surface area contributed by atoms with Crippen molar-refractivity contribution in [2.45, 2.75) is 19.9 Å². The lowest BCUT2D eigenvalue weighted by Gasteiger charge is -2.19. The number of para-hydroxylation sites is 1. The normalized spacial score (nSPS) is 14.1. The molecular weight excluding hydrogens is 240 g/mol. The molecule has 0 radical (unpaired) electrons. The minimum Gasteiger partial charge on any atom is -0.396 e. The monoisotopic (exact) mass is 258 g/mol. The predicted octanol–water partition coefficient (Wildman–Crippen LogP) is 1.98. The van der Waals surface area contributed by atoms with E-state index in [-0.39, 0.29) is 24.5 Å². The fourth-order valence-corrected chi connectivity index (χ4v) is 1.88. The molecule has 0 saturated heterocycles. The number of rotatable bonds is 4. The van der Waals surface area contributed by atoms with Gasteiger partial charge in [0.1, 0.15) is 0 Å². The molecule has 1 aromatic carbocycles. The van der Waals surface area contributed by atoms with E-state index in [1.54, 1.807) is 12.3 Å².